The number of hydrogen-bond acceptors (Lipinski definition) is 3. The first kappa shape index (κ1) is 18.2. The van der Waals surface area contributed by atoms with Gasteiger partial charge in [0.15, 0.2) is 0 Å². The highest BCUT2D eigenvalue weighted by Gasteiger charge is 2.13. The topological polar surface area (TPSA) is 33.3 Å². The Morgan fingerprint density at radius 1 is 1.32 bits per heavy atom. The van der Waals surface area contributed by atoms with Gasteiger partial charge in [-0.05, 0) is 26.0 Å². The maximum Gasteiger partial charge on any atom is 0.123 e. The molecule has 0 amide bonds. The molecule has 120 valence electrons. The molecule has 1 unspecified atom stereocenters. The molecule has 1 aliphatic heterocycles. The third-order valence-electron chi connectivity index (χ3n) is 3.38. The van der Waals surface area contributed by atoms with Crippen molar-refractivity contribution >= 4 is 0 Å². The number of ether oxygens (including phenoxy) is 1. The molecule has 1 aliphatic rings. The standard InChI is InChI=1S/C12H18N2O.C7H10/c1-15-12-5-3-2-4-10(12)8-14-11-6-7-13-9-11;1-3-5-7-6-4-2/h2-5,11,13-14H,6-9H2,1H3;3-7H,1H2,2H3/b;6-4-,7-5-. The highest BCUT2D eigenvalue weighted by molar-refractivity contribution is 5.33. The average Bonchev–Trinajstić information content (AvgIpc) is 3.08. The lowest BCUT2D eigenvalue weighted by molar-refractivity contribution is 0.405. The van der Waals surface area contributed by atoms with E-state index in [2.05, 4.69) is 23.3 Å². The van der Waals surface area contributed by atoms with Gasteiger partial charge in [-0.25, -0.2) is 0 Å². The molecule has 0 spiro atoms. The normalized spacial score (nSPS) is 17.5. The summed E-state index contributed by atoms with van der Waals surface area (Å²) < 4.78 is 5.30. The molecule has 0 bridgehead atoms. The maximum absolute atomic E-state index is 5.30. The van der Waals surface area contributed by atoms with Gasteiger partial charge in [0.25, 0.3) is 0 Å². The smallest absolute Gasteiger partial charge is 0.123 e. The van der Waals surface area contributed by atoms with E-state index in [0.717, 1.165) is 25.4 Å². The summed E-state index contributed by atoms with van der Waals surface area (Å²) in [6.45, 7) is 8.58. The van der Waals surface area contributed by atoms with Gasteiger partial charge in [0, 0.05) is 24.7 Å². The Hall–Kier alpha value is -1.84. The fraction of sp³-hybridized carbons (Fsp3) is 0.368. The molecule has 1 heterocycles. The van der Waals surface area contributed by atoms with Crippen LogP contribution in [0.5, 0.6) is 5.75 Å². The van der Waals surface area contributed by atoms with E-state index >= 15 is 0 Å². The summed E-state index contributed by atoms with van der Waals surface area (Å²) in [7, 11) is 1.72. The zero-order chi connectivity index (χ0) is 16.0. The summed E-state index contributed by atoms with van der Waals surface area (Å²) in [4.78, 5) is 0. The number of para-hydroxylation sites is 1. The van der Waals surface area contributed by atoms with Gasteiger partial charge in [0.2, 0.25) is 0 Å². The van der Waals surface area contributed by atoms with Crippen LogP contribution in [0.2, 0.25) is 0 Å². The van der Waals surface area contributed by atoms with Crippen molar-refractivity contribution in [3.63, 3.8) is 0 Å². The largest absolute Gasteiger partial charge is 0.496 e. The number of rotatable bonds is 6. The van der Waals surface area contributed by atoms with E-state index in [1.165, 1.54) is 12.0 Å². The van der Waals surface area contributed by atoms with Gasteiger partial charge in [-0.2, -0.15) is 0 Å². The SMILES string of the molecule is C=C/C=C\C=C/C.COc1ccccc1CNC1CCNC1. The minimum Gasteiger partial charge on any atom is -0.496 e. The summed E-state index contributed by atoms with van der Waals surface area (Å²) in [6.07, 6.45) is 10.7. The van der Waals surface area contributed by atoms with Crippen LogP contribution < -0.4 is 15.4 Å². The second-order valence-electron chi connectivity index (χ2n) is 5.03. The van der Waals surface area contributed by atoms with Crippen molar-refractivity contribution in [1.29, 1.82) is 0 Å². The molecule has 3 nitrogen and oxygen atoms in total. The number of methoxy groups -OCH3 is 1. The first-order valence-corrected chi connectivity index (χ1v) is 7.78. The molecule has 0 aliphatic carbocycles. The van der Waals surface area contributed by atoms with Crippen LogP contribution in [0.1, 0.15) is 18.9 Å². The highest BCUT2D eigenvalue weighted by atomic mass is 16.5. The highest BCUT2D eigenvalue weighted by Crippen LogP contribution is 2.17. The predicted octanol–water partition coefficient (Wildman–Crippen LogP) is 3.45. The summed E-state index contributed by atoms with van der Waals surface area (Å²) in [5.41, 5.74) is 1.23. The Kier molecular flexibility index (Phi) is 9.75. The first-order chi connectivity index (χ1) is 10.8. The zero-order valence-electron chi connectivity index (χ0n) is 13.7. The third-order valence-corrected chi connectivity index (χ3v) is 3.38. The van der Waals surface area contributed by atoms with Crippen LogP contribution in [0, 0.1) is 0 Å². The Bertz CT molecular complexity index is 474. The Morgan fingerprint density at radius 3 is 2.77 bits per heavy atom. The van der Waals surface area contributed by atoms with E-state index in [9.17, 15) is 0 Å². The fourth-order valence-corrected chi connectivity index (χ4v) is 2.19. The molecule has 3 heteroatoms. The number of hydrogen-bond donors (Lipinski definition) is 2. The summed E-state index contributed by atoms with van der Waals surface area (Å²) in [5, 5.41) is 6.87. The van der Waals surface area contributed by atoms with Crippen LogP contribution in [0.25, 0.3) is 0 Å². The van der Waals surface area contributed by atoms with Crippen molar-refractivity contribution in [2.75, 3.05) is 20.2 Å². The molecule has 2 rings (SSSR count). The average molecular weight is 300 g/mol. The van der Waals surface area contributed by atoms with E-state index in [-0.39, 0.29) is 0 Å². The Labute approximate surface area is 134 Å². The van der Waals surface area contributed by atoms with Crippen molar-refractivity contribution in [1.82, 2.24) is 10.6 Å². The van der Waals surface area contributed by atoms with Crippen molar-refractivity contribution in [3.05, 3.63) is 66.8 Å². The van der Waals surface area contributed by atoms with Gasteiger partial charge in [0.05, 0.1) is 7.11 Å². The number of allylic oxidation sites excluding steroid dienone is 5. The minimum absolute atomic E-state index is 0.606. The summed E-state index contributed by atoms with van der Waals surface area (Å²) in [5.74, 6) is 0.968. The van der Waals surface area contributed by atoms with Crippen LogP contribution in [0.3, 0.4) is 0 Å². The molecule has 22 heavy (non-hydrogen) atoms. The zero-order valence-corrected chi connectivity index (χ0v) is 13.7. The molecular formula is C19H28N2O. The second kappa shape index (κ2) is 11.8. The predicted molar refractivity (Wildman–Crippen MR) is 95.3 cm³/mol. The molecule has 0 aromatic heterocycles. The molecule has 0 saturated carbocycles. The summed E-state index contributed by atoms with van der Waals surface area (Å²) in [6, 6.07) is 8.76. The molecule has 2 N–H and O–H groups in total. The first-order valence-electron chi connectivity index (χ1n) is 7.78. The molecular weight excluding hydrogens is 272 g/mol. The summed E-state index contributed by atoms with van der Waals surface area (Å²) >= 11 is 0. The van der Waals surface area contributed by atoms with Crippen molar-refractivity contribution in [3.8, 4) is 5.75 Å². The lowest BCUT2D eigenvalue weighted by Crippen LogP contribution is -2.30. The van der Waals surface area contributed by atoms with Gasteiger partial charge in [-0.1, -0.05) is 55.2 Å². The lowest BCUT2D eigenvalue weighted by atomic mass is 10.2. The third kappa shape index (κ3) is 7.25. The van der Waals surface area contributed by atoms with Crippen LogP contribution in [0.4, 0.5) is 0 Å². The van der Waals surface area contributed by atoms with E-state index < -0.39 is 0 Å². The molecule has 1 fully saturated rings. The van der Waals surface area contributed by atoms with Gasteiger partial charge >= 0.3 is 0 Å². The van der Waals surface area contributed by atoms with Crippen molar-refractivity contribution in [2.24, 2.45) is 0 Å². The van der Waals surface area contributed by atoms with Gasteiger partial charge in [-0.3, -0.25) is 0 Å². The molecule has 1 atom stereocenters. The van der Waals surface area contributed by atoms with Crippen LogP contribution >= 0.6 is 0 Å². The van der Waals surface area contributed by atoms with Crippen molar-refractivity contribution in [2.45, 2.75) is 25.9 Å². The van der Waals surface area contributed by atoms with Crippen LogP contribution in [-0.2, 0) is 6.54 Å². The molecule has 0 radical (unpaired) electrons. The lowest BCUT2D eigenvalue weighted by Gasteiger charge is -2.13. The van der Waals surface area contributed by atoms with Crippen molar-refractivity contribution < 1.29 is 4.74 Å². The quantitative estimate of drug-likeness (QED) is 0.790. The van der Waals surface area contributed by atoms with E-state index in [1.807, 2.05) is 49.4 Å². The fourth-order valence-electron chi connectivity index (χ4n) is 2.19. The van der Waals surface area contributed by atoms with Gasteiger partial charge < -0.3 is 15.4 Å². The number of benzene rings is 1. The van der Waals surface area contributed by atoms with Crippen LogP contribution in [0.15, 0.2) is 61.2 Å². The van der Waals surface area contributed by atoms with E-state index in [4.69, 9.17) is 4.74 Å². The van der Waals surface area contributed by atoms with Gasteiger partial charge in [0.1, 0.15) is 5.75 Å². The van der Waals surface area contributed by atoms with E-state index in [1.54, 1.807) is 13.2 Å². The second-order valence-corrected chi connectivity index (χ2v) is 5.03. The monoisotopic (exact) mass is 300 g/mol. The Balaban J connectivity index is 0.000000295. The van der Waals surface area contributed by atoms with Gasteiger partial charge in [-0.15, -0.1) is 0 Å². The maximum atomic E-state index is 5.30. The number of nitrogens with one attached hydrogen (secondary N) is 2. The van der Waals surface area contributed by atoms with Crippen LogP contribution in [-0.4, -0.2) is 26.2 Å². The Morgan fingerprint density at radius 2 is 2.14 bits per heavy atom. The van der Waals surface area contributed by atoms with E-state index in [0.29, 0.717) is 6.04 Å². The molecule has 1 saturated heterocycles. The molecule has 1 aromatic rings. The minimum atomic E-state index is 0.606. The molecule has 1 aromatic carbocycles.